The van der Waals surface area contributed by atoms with Crippen molar-refractivity contribution in [3.05, 3.63) is 47.3 Å². The zero-order valence-electron chi connectivity index (χ0n) is 30.2. The molecule has 3 fully saturated rings. The third-order valence-corrected chi connectivity index (χ3v) is 11.3. The van der Waals surface area contributed by atoms with Gasteiger partial charge < -0.3 is 20.1 Å². The molecule has 21 heteroatoms. The molecule has 4 heterocycles. The van der Waals surface area contributed by atoms with E-state index in [4.69, 9.17) is 21.5 Å². The fourth-order valence-corrected chi connectivity index (χ4v) is 7.95. The Morgan fingerprint density at radius 2 is 1.76 bits per heavy atom. The summed E-state index contributed by atoms with van der Waals surface area (Å²) < 4.78 is 75.7. The van der Waals surface area contributed by atoms with Crippen molar-refractivity contribution in [1.29, 1.82) is 0 Å². The quantitative estimate of drug-likeness (QED) is 0.113. The first kappa shape index (κ1) is 43.7. The number of hydrogen-bond acceptors (Lipinski definition) is 11. The second-order valence-corrected chi connectivity index (χ2v) is 15.2. The summed E-state index contributed by atoms with van der Waals surface area (Å²) in [7, 11) is 0.654. The summed E-state index contributed by atoms with van der Waals surface area (Å²) in [5.41, 5.74) is 3.26. The molecule has 3 aliphatic rings. The molecule has 304 valence electrons. The maximum absolute atomic E-state index is 13.0. The van der Waals surface area contributed by atoms with Gasteiger partial charge in [-0.2, -0.15) is 27.1 Å². The lowest BCUT2D eigenvalue weighted by molar-refractivity contribution is -0.192. The first-order valence-electron chi connectivity index (χ1n) is 17.6. The van der Waals surface area contributed by atoms with Crippen LogP contribution >= 0.6 is 11.6 Å². The van der Waals surface area contributed by atoms with Crippen LogP contribution in [0.3, 0.4) is 0 Å². The van der Waals surface area contributed by atoms with Crippen molar-refractivity contribution in [3.8, 4) is 5.75 Å². The third-order valence-electron chi connectivity index (χ3n) is 9.42. The van der Waals surface area contributed by atoms with Crippen molar-refractivity contribution in [3.63, 3.8) is 0 Å². The number of aliphatic carboxylic acids is 1. The number of aromatic nitrogens is 2. The number of carboxylic acid groups (broad SMARTS) is 1. The summed E-state index contributed by atoms with van der Waals surface area (Å²) in [5.74, 6) is -2.09. The molecule has 14 nitrogen and oxygen atoms in total. The highest BCUT2D eigenvalue weighted by atomic mass is 35.5. The van der Waals surface area contributed by atoms with E-state index in [1.54, 1.807) is 7.05 Å². The summed E-state index contributed by atoms with van der Waals surface area (Å²) >= 11 is 6.62. The molecule has 0 saturated carbocycles. The zero-order chi connectivity index (χ0) is 40.3. The lowest BCUT2D eigenvalue weighted by atomic mass is 9.86. The van der Waals surface area contributed by atoms with Gasteiger partial charge in [0, 0.05) is 43.9 Å². The maximum Gasteiger partial charge on any atom is 0.490 e. The van der Waals surface area contributed by atoms with Gasteiger partial charge in [0.1, 0.15) is 6.04 Å². The van der Waals surface area contributed by atoms with E-state index in [1.807, 2.05) is 10.4 Å². The van der Waals surface area contributed by atoms with E-state index in [9.17, 15) is 35.8 Å². The third kappa shape index (κ3) is 13.6. The molecule has 2 unspecified atom stereocenters. The van der Waals surface area contributed by atoms with Crippen LogP contribution < -0.4 is 15.4 Å². The van der Waals surface area contributed by atoms with Crippen molar-refractivity contribution in [2.45, 2.75) is 82.7 Å². The van der Waals surface area contributed by atoms with Crippen molar-refractivity contribution in [2.75, 3.05) is 50.8 Å². The smallest absolute Gasteiger partial charge is 0.475 e. The molecule has 3 saturated heterocycles. The van der Waals surface area contributed by atoms with Crippen LogP contribution in [-0.4, -0.2) is 127 Å². The second kappa shape index (κ2) is 20.2. The van der Waals surface area contributed by atoms with Crippen molar-refractivity contribution < 1.29 is 50.4 Å². The molecule has 1 aromatic heterocycles. The van der Waals surface area contributed by atoms with E-state index >= 15 is 0 Å². The number of carboxylic acids is 1. The number of aryl methyl sites for hydroxylation is 1. The van der Waals surface area contributed by atoms with Crippen LogP contribution in [0.15, 0.2) is 35.7 Å². The predicted molar refractivity (Wildman–Crippen MR) is 194 cm³/mol. The number of likely N-dealkylation sites (tertiary alicyclic amines) is 1. The van der Waals surface area contributed by atoms with Crippen LogP contribution in [0.4, 0.5) is 27.9 Å². The lowest BCUT2D eigenvalue weighted by Gasteiger charge is -2.33. The van der Waals surface area contributed by atoms with Gasteiger partial charge in [0.2, 0.25) is 11.9 Å². The number of benzene rings is 1. The zero-order valence-corrected chi connectivity index (χ0v) is 31.8. The number of hydrazone groups is 1. The lowest BCUT2D eigenvalue weighted by Crippen LogP contribution is -2.49. The highest BCUT2D eigenvalue weighted by molar-refractivity contribution is 7.82. The predicted octanol–water partition coefficient (Wildman–Crippen LogP) is 4.47. The van der Waals surface area contributed by atoms with E-state index < -0.39 is 35.8 Å². The van der Waals surface area contributed by atoms with Crippen LogP contribution in [0.2, 0.25) is 0 Å². The molecule has 3 aliphatic heterocycles. The largest absolute Gasteiger partial charge is 0.490 e. The van der Waals surface area contributed by atoms with E-state index in [2.05, 4.69) is 54.4 Å². The number of rotatable bonds is 13. The maximum atomic E-state index is 13.0. The average molecular weight is 823 g/mol. The van der Waals surface area contributed by atoms with Crippen LogP contribution in [0.1, 0.15) is 67.6 Å². The summed E-state index contributed by atoms with van der Waals surface area (Å²) in [5, 5.41) is 19.0. The van der Waals surface area contributed by atoms with E-state index in [1.165, 1.54) is 28.5 Å². The molecule has 0 spiro atoms. The molecule has 5 rings (SSSR count). The summed E-state index contributed by atoms with van der Waals surface area (Å²) in [4.78, 5) is 43.1. The van der Waals surface area contributed by atoms with Crippen molar-refractivity contribution in [2.24, 2.45) is 5.10 Å². The Bertz CT molecular complexity index is 1680. The Morgan fingerprint density at radius 1 is 1.13 bits per heavy atom. The van der Waals surface area contributed by atoms with Crippen LogP contribution in [-0.2, 0) is 25.4 Å². The van der Waals surface area contributed by atoms with Gasteiger partial charge in [-0.3, -0.25) is 19.9 Å². The molecule has 2 atom stereocenters. The first-order valence-corrected chi connectivity index (χ1v) is 19.3. The Kier molecular flexibility index (Phi) is 16.1. The molecule has 0 bridgehead atoms. The molecule has 2 amide bonds. The minimum atomic E-state index is -5.08. The van der Waals surface area contributed by atoms with Gasteiger partial charge in [0.15, 0.2) is 10.9 Å². The number of carbonyl (C=O) groups excluding carboxylic acids is 2. The minimum Gasteiger partial charge on any atom is -0.475 e. The first-order chi connectivity index (χ1) is 26.0. The highest BCUT2D eigenvalue weighted by Gasteiger charge is 2.38. The Labute approximate surface area is 322 Å². The highest BCUT2D eigenvalue weighted by Crippen LogP contribution is 2.32. The van der Waals surface area contributed by atoms with E-state index in [0.29, 0.717) is 42.3 Å². The van der Waals surface area contributed by atoms with Crippen LogP contribution in [0, 0.1) is 6.92 Å². The number of hydrogen-bond donors (Lipinski definition) is 3. The number of halogens is 6. The van der Waals surface area contributed by atoms with Gasteiger partial charge in [-0.1, -0.05) is 23.7 Å². The van der Waals surface area contributed by atoms with Crippen molar-refractivity contribution in [1.82, 2.24) is 29.5 Å². The standard InChI is InChI=1S/C32H43ClF2N8O4S.C2HF3O2/c1-21-4-5-23(29(33)40-41(2)27-6-7-28(44)39-30(27)45)18-26(21)22-8-13-42(14-9-22)12-3-17-48(46)43-15-10-24(11-16-43)38-32-36-19-25(20-37-32)47-31(34)35;3-2(4,5)1(6)7/h4-5,18-20,22,24,27,31H,3,6-17H2,1-2H3,(H,36,37,38)(H,39,44,45);(H,6,7)/b40-29+;. The normalized spacial score (nSPS) is 20.0. The number of nitrogens with zero attached hydrogens (tertiary/aromatic N) is 6. The average Bonchev–Trinajstić information content (AvgIpc) is 3.13. The molecule has 55 heavy (non-hydrogen) atoms. The number of imide groups is 1. The second-order valence-electron chi connectivity index (χ2n) is 13.3. The van der Waals surface area contributed by atoms with E-state index in [-0.39, 0.29) is 30.0 Å². The fourth-order valence-electron chi connectivity index (χ4n) is 6.46. The number of piperidine rings is 3. The summed E-state index contributed by atoms with van der Waals surface area (Å²) in [6.07, 6.45) is 2.49. The minimum absolute atomic E-state index is 0.0865. The van der Waals surface area contributed by atoms with Crippen LogP contribution in [0.5, 0.6) is 5.75 Å². The topological polar surface area (TPSA) is 170 Å². The van der Waals surface area contributed by atoms with Crippen molar-refractivity contribution >= 4 is 51.5 Å². The molecule has 3 N–H and O–H groups in total. The number of nitrogens with one attached hydrogen (secondary N) is 2. The number of likely N-dealkylation sites (N-methyl/N-ethyl adjacent to an activating group) is 1. The number of alkyl halides is 5. The SMILES string of the molecule is Cc1ccc(/C(Cl)=N\N(C)C2CCC(=O)NC2=O)cc1C1CCN(CCCS(=O)N2CCC(Nc3ncc(OC(F)F)cn3)CC2)CC1.O=C(O)C(F)(F)F. The van der Waals surface area contributed by atoms with E-state index in [0.717, 1.165) is 57.3 Å². The van der Waals surface area contributed by atoms with Gasteiger partial charge in [-0.25, -0.2) is 23.3 Å². The Balaban J connectivity index is 0.000000876. The Hall–Kier alpha value is -4.01. The number of carbonyl (C=O) groups is 3. The fraction of sp³-hybridized carbons (Fsp3) is 0.588. The van der Waals surface area contributed by atoms with Gasteiger partial charge >= 0.3 is 18.8 Å². The van der Waals surface area contributed by atoms with Crippen LogP contribution in [0.25, 0.3) is 0 Å². The summed E-state index contributed by atoms with van der Waals surface area (Å²) in [6, 6.07) is 5.70. The number of anilines is 1. The molecule has 2 aromatic rings. The van der Waals surface area contributed by atoms with Gasteiger partial charge in [-0.15, -0.1) is 0 Å². The van der Waals surface area contributed by atoms with Gasteiger partial charge in [0.25, 0.3) is 5.91 Å². The molecular formula is C34H44ClF5N8O6S. The number of amides is 2. The summed E-state index contributed by atoms with van der Waals surface area (Å²) in [6.45, 7) is 3.43. The molecular weight excluding hydrogens is 779 g/mol. The molecule has 0 radical (unpaired) electrons. The Morgan fingerprint density at radius 3 is 2.35 bits per heavy atom. The number of ether oxygens (including phenoxy) is 1. The monoisotopic (exact) mass is 822 g/mol. The molecule has 0 aliphatic carbocycles. The molecule has 1 aromatic carbocycles. The van der Waals surface area contributed by atoms with Gasteiger partial charge in [-0.05, 0) is 88.2 Å². The van der Waals surface area contributed by atoms with Gasteiger partial charge in [0.05, 0.1) is 23.4 Å².